The first-order valence-corrected chi connectivity index (χ1v) is 7.73. The van der Waals surface area contributed by atoms with E-state index in [1.807, 2.05) is 0 Å². The second-order valence-corrected chi connectivity index (χ2v) is 5.64. The maximum absolute atomic E-state index is 13.8. The smallest absolute Gasteiger partial charge is 0.335 e. The highest BCUT2D eigenvalue weighted by molar-refractivity contribution is 5.61. The van der Waals surface area contributed by atoms with Crippen LogP contribution >= 0.6 is 0 Å². The Hall–Kier alpha value is -3.23. The van der Waals surface area contributed by atoms with Crippen LogP contribution in [-0.2, 0) is 6.18 Å². The molecule has 0 fully saturated rings. The lowest BCUT2D eigenvalue weighted by Crippen LogP contribution is -2.07. The molecular weight excluding hydrogens is 367 g/mol. The fourth-order valence-electron chi connectivity index (χ4n) is 2.34. The van der Waals surface area contributed by atoms with Crippen LogP contribution in [0.4, 0.5) is 45.1 Å². The molecule has 9 heteroatoms. The van der Waals surface area contributed by atoms with Crippen molar-refractivity contribution >= 4 is 23.1 Å². The first kappa shape index (κ1) is 18.6. The predicted octanol–water partition coefficient (Wildman–Crippen LogP) is 5.57. The number of nitrogens with zero attached hydrogens (tertiary/aromatic N) is 2. The Kier molecular flexibility index (Phi) is 4.93. The zero-order valence-electron chi connectivity index (χ0n) is 13.9. The van der Waals surface area contributed by atoms with Gasteiger partial charge >= 0.3 is 6.18 Å². The highest BCUT2D eigenvalue weighted by Gasteiger charge is 2.30. The summed E-state index contributed by atoms with van der Waals surface area (Å²) < 4.78 is 66.0. The molecule has 2 aromatic carbocycles. The zero-order chi connectivity index (χ0) is 19.6. The van der Waals surface area contributed by atoms with Gasteiger partial charge in [0.15, 0.2) is 0 Å². The molecule has 0 spiro atoms. The highest BCUT2D eigenvalue weighted by Crippen LogP contribution is 2.31. The van der Waals surface area contributed by atoms with E-state index in [-0.39, 0.29) is 23.1 Å². The number of aryl methyl sites for hydroxylation is 1. The highest BCUT2D eigenvalue weighted by atomic mass is 19.4. The van der Waals surface area contributed by atoms with Crippen LogP contribution in [0.1, 0.15) is 11.3 Å². The minimum absolute atomic E-state index is 0.0198. The van der Waals surface area contributed by atoms with Gasteiger partial charge in [-0.05, 0) is 37.3 Å². The Balaban J connectivity index is 1.88. The molecule has 0 bridgehead atoms. The maximum atomic E-state index is 13.8. The number of aromatic nitrogens is 2. The summed E-state index contributed by atoms with van der Waals surface area (Å²) in [6.07, 6.45) is -4.49. The van der Waals surface area contributed by atoms with Crippen LogP contribution in [-0.4, -0.2) is 9.97 Å². The third-order valence-electron chi connectivity index (χ3n) is 3.52. The van der Waals surface area contributed by atoms with Crippen LogP contribution < -0.4 is 10.6 Å². The number of nitrogens with one attached hydrogen (secondary N) is 2. The van der Waals surface area contributed by atoms with E-state index in [0.717, 1.165) is 24.3 Å². The van der Waals surface area contributed by atoms with E-state index in [1.165, 1.54) is 24.3 Å². The van der Waals surface area contributed by atoms with Crippen molar-refractivity contribution in [3.63, 3.8) is 0 Å². The van der Waals surface area contributed by atoms with Gasteiger partial charge in [-0.3, -0.25) is 0 Å². The summed E-state index contributed by atoms with van der Waals surface area (Å²) in [6.45, 7) is 1.61. The largest absolute Gasteiger partial charge is 0.416 e. The number of para-hydroxylation sites is 1. The number of alkyl halides is 3. The molecule has 0 aliphatic heterocycles. The van der Waals surface area contributed by atoms with Gasteiger partial charge in [0.1, 0.15) is 23.1 Å². The van der Waals surface area contributed by atoms with Crippen LogP contribution in [0.25, 0.3) is 0 Å². The molecule has 4 nitrogen and oxygen atoms in total. The maximum Gasteiger partial charge on any atom is 0.416 e. The van der Waals surface area contributed by atoms with Crippen molar-refractivity contribution in [2.75, 3.05) is 10.6 Å². The number of benzene rings is 2. The third-order valence-corrected chi connectivity index (χ3v) is 3.52. The van der Waals surface area contributed by atoms with Gasteiger partial charge in [0.05, 0.1) is 5.56 Å². The molecule has 0 atom stereocenters. The molecule has 0 unspecified atom stereocenters. The van der Waals surface area contributed by atoms with Crippen molar-refractivity contribution in [3.05, 3.63) is 71.4 Å². The average Bonchev–Trinajstić information content (AvgIpc) is 2.57. The van der Waals surface area contributed by atoms with Crippen molar-refractivity contribution < 1.29 is 22.0 Å². The van der Waals surface area contributed by atoms with Crippen LogP contribution in [0.5, 0.6) is 0 Å². The zero-order valence-corrected chi connectivity index (χ0v) is 13.9. The Bertz CT molecular complexity index is 952. The molecule has 0 aliphatic rings. The van der Waals surface area contributed by atoms with Crippen molar-refractivity contribution in [3.8, 4) is 0 Å². The summed E-state index contributed by atoms with van der Waals surface area (Å²) >= 11 is 0. The number of rotatable bonds is 4. The standard InChI is InChI=1S/C18H13F5N4/c1-10-8-15(26-16-13(19)6-3-7-14(16)20)27-17(24-10)25-12-5-2-4-11(9-12)18(21,22)23/h2-9H,1H3,(H2,24,25,26,27). The summed E-state index contributed by atoms with van der Waals surface area (Å²) in [5.74, 6) is -1.55. The van der Waals surface area contributed by atoms with Crippen LogP contribution in [0.15, 0.2) is 48.5 Å². The molecule has 0 saturated heterocycles. The Morgan fingerprint density at radius 3 is 2.19 bits per heavy atom. The lowest BCUT2D eigenvalue weighted by Gasteiger charge is -2.12. The average molecular weight is 380 g/mol. The second-order valence-electron chi connectivity index (χ2n) is 5.64. The molecule has 27 heavy (non-hydrogen) atoms. The van der Waals surface area contributed by atoms with E-state index in [4.69, 9.17) is 0 Å². The van der Waals surface area contributed by atoms with Crippen LogP contribution in [0.2, 0.25) is 0 Å². The summed E-state index contributed by atoms with van der Waals surface area (Å²) in [4.78, 5) is 8.13. The normalized spacial score (nSPS) is 11.3. The van der Waals surface area contributed by atoms with Gasteiger partial charge in [-0.25, -0.2) is 13.8 Å². The topological polar surface area (TPSA) is 49.8 Å². The predicted molar refractivity (Wildman–Crippen MR) is 91.1 cm³/mol. The van der Waals surface area contributed by atoms with Crippen LogP contribution in [0, 0.1) is 18.6 Å². The van der Waals surface area contributed by atoms with Gasteiger partial charge in [-0.15, -0.1) is 0 Å². The third kappa shape index (κ3) is 4.49. The molecule has 0 amide bonds. The van der Waals surface area contributed by atoms with E-state index >= 15 is 0 Å². The van der Waals surface area contributed by atoms with Crippen molar-refractivity contribution in [2.24, 2.45) is 0 Å². The lowest BCUT2D eigenvalue weighted by molar-refractivity contribution is -0.137. The number of hydrogen-bond acceptors (Lipinski definition) is 4. The van der Waals surface area contributed by atoms with E-state index in [9.17, 15) is 22.0 Å². The van der Waals surface area contributed by atoms with E-state index in [1.54, 1.807) is 6.92 Å². The molecule has 1 heterocycles. The quantitative estimate of drug-likeness (QED) is 0.581. The SMILES string of the molecule is Cc1cc(Nc2c(F)cccc2F)nc(Nc2cccc(C(F)(F)F)c2)n1. The molecule has 0 aliphatic carbocycles. The molecule has 3 rings (SSSR count). The number of hydrogen-bond donors (Lipinski definition) is 2. The Labute approximate surface area is 151 Å². The van der Waals surface area contributed by atoms with E-state index in [0.29, 0.717) is 5.69 Å². The summed E-state index contributed by atoms with van der Waals surface area (Å²) in [6, 6.07) is 9.36. The van der Waals surface area contributed by atoms with Crippen molar-refractivity contribution in [1.82, 2.24) is 9.97 Å². The summed E-state index contributed by atoms with van der Waals surface area (Å²) in [7, 11) is 0. The number of anilines is 4. The molecule has 140 valence electrons. The fourth-order valence-corrected chi connectivity index (χ4v) is 2.34. The molecule has 0 radical (unpaired) electrons. The van der Waals surface area contributed by atoms with Crippen molar-refractivity contribution in [1.29, 1.82) is 0 Å². The number of halogens is 5. The van der Waals surface area contributed by atoms with Gasteiger partial charge < -0.3 is 10.6 Å². The molecule has 2 N–H and O–H groups in total. The summed E-state index contributed by atoms with van der Waals surface area (Å²) in [5.41, 5.74) is -0.648. The lowest BCUT2D eigenvalue weighted by atomic mass is 10.2. The first-order chi connectivity index (χ1) is 12.7. The summed E-state index contributed by atoms with van der Waals surface area (Å²) in [5, 5.41) is 5.18. The minimum atomic E-state index is -4.49. The van der Waals surface area contributed by atoms with Gasteiger partial charge in [0.2, 0.25) is 5.95 Å². The first-order valence-electron chi connectivity index (χ1n) is 7.73. The van der Waals surface area contributed by atoms with E-state index < -0.39 is 23.4 Å². The van der Waals surface area contributed by atoms with Gasteiger partial charge in [-0.2, -0.15) is 18.2 Å². The van der Waals surface area contributed by atoms with E-state index in [2.05, 4.69) is 20.6 Å². The fraction of sp³-hybridized carbons (Fsp3) is 0.111. The molecule has 0 saturated carbocycles. The monoisotopic (exact) mass is 380 g/mol. The van der Waals surface area contributed by atoms with Crippen LogP contribution in [0.3, 0.4) is 0 Å². The Morgan fingerprint density at radius 2 is 1.52 bits per heavy atom. The van der Waals surface area contributed by atoms with Gasteiger partial charge in [0, 0.05) is 17.4 Å². The molecular formula is C18H13F5N4. The van der Waals surface area contributed by atoms with Gasteiger partial charge in [0.25, 0.3) is 0 Å². The molecule has 1 aromatic heterocycles. The van der Waals surface area contributed by atoms with Gasteiger partial charge in [-0.1, -0.05) is 12.1 Å². The molecule has 3 aromatic rings. The van der Waals surface area contributed by atoms with Crippen molar-refractivity contribution in [2.45, 2.75) is 13.1 Å². The Morgan fingerprint density at radius 1 is 0.852 bits per heavy atom. The second kappa shape index (κ2) is 7.18. The minimum Gasteiger partial charge on any atom is -0.335 e.